The monoisotopic (exact) mass is 254 g/mol. The van der Waals surface area contributed by atoms with Crippen molar-refractivity contribution in [1.82, 2.24) is 4.90 Å². The van der Waals surface area contributed by atoms with Gasteiger partial charge in [0.25, 0.3) is 0 Å². The van der Waals surface area contributed by atoms with Crippen molar-refractivity contribution >= 4 is 0 Å². The highest BCUT2D eigenvalue weighted by Gasteiger charge is 2.10. The fourth-order valence-electron chi connectivity index (χ4n) is 1.71. The van der Waals surface area contributed by atoms with E-state index in [4.69, 9.17) is 10.5 Å². The Kier molecular flexibility index (Phi) is 6.25. The summed E-state index contributed by atoms with van der Waals surface area (Å²) < 4.78 is 18.5. The molecule has 0 radical (unpaired) electrons. The van der Waals surface area contributed by atoms with Gasteiger partial charge in [0.2, 0.25) is 0 Å². The van der Waals surface area contributed by atoms with E-state index in [-0.39, 0.29) is 18.0 Å². The van der Waals surface area contributed by atoms with E-state index in [0.717, 1.165) is 12.1 Å². The Hall–Kier alpha value is -0.970. The van der Waals surface area contributed by atoms with Gasteiger partial charge in [-0.2, -0.15) is 0 Å². The molecule has 0 bridgehead atoms. The van der Waals surface area contributed by atoms with Crippen molar-refractivity contribution in [1.29, 1.82) is 0 Å². The van der Waals surface area contributed by atoms with E-state index in [1.54, 1.807) is 6.07 Å². The molecule has 0 saturated heterocycles. The highest BCUT2D eigenvalue weighted by atomic mass is 19.1. The number of hydrogen-bond acceptors (Lipinski definition) is 3. The molecule has 1 atom stereocenters. The maximum atomic E-state index is 13.1. The summed E-state index contributed by atoms with van der Waals surface area (Å²) in [5.41, 5.74) is 6.87. The molecule has 0 saturated carbocycles. The number of ether oxygens (including phenoxy) is 1. The van der Waals surface area contributed by atoms with E-state index in [9.17, 15) is 4.39 Å². The third-order valence-electron chi connectivity index (χ3n) is 2.71. The highest BCUT2D eigenvalue weighted by Crippen LogP contribution is 2.12. The van der Waals surface area contributed by atoms with Crippen LogP contribution in [0.4, 0.5) is 4.39 Å². The lowest BCUT2D eigenvalue weighted by atomic mass is 10.1. The molecule has 102 valence electrons. The maximum absolute atomic E-state index is 13.1. The first-order chi connectivity index (χ1) is 8.49. The zero-order chi connectivity index (χ0) is 13.5. The van der Waals surface area contributed by atoms with E-state index in [1.807, 2.05) is 27.0 Å². The average Bonchev–Trinajstić information content (AvgIpc) is 2.28. The van der Waals surface area contributed by atoms with Crippen LogP contribution in [0, 0.1) is 5.82 Å². The predicted molar refractivity (Wildman–Crippen MR) is 71.9 cm³/mol. The Morgan fingerprint density at radius 1 is 1.39 bits per heavy atom. The largest absolute Gasteiger partial charge is 0.377 e. The number of nitrogens with two attached hydrogens (primary N) is 1. The van der Waals surface area contributed by atoms with Crippen LogP contribution in [-0.2, 0) is 4.74 Å². The molecule has 0 aromatic heterocycles. The molecular weight excluding hydrogens is 231 g/mol. The molecule has 0 spiro atoms. The van der Waals surface area contributed by atoms with Crippen LogP contribution in [0.3, 0.4) is 0 Å². The van der Waals surface area contributed by atoms with Gasteiger partial charge in [-0.1, -0.05) is 12.1 Å². The molecule has 0 aliphatic rings. The van der Waals surface area contributed by atoms with Gasteiger partial charge in [0.1, 0.15) is 5.82 Å². The molecule has 0 fully saturated rings. The van der Waals surface area contributed by atoms with Crippen LogP contribution >= 0.6 is 0 Å². The molecule has 0 amide bonds. The summed E-state index contributed by atoms with van der Waals surface area (Å²) >= 11 is 0. The molecule has 1 unspecified atom stereocenters. The molecular formula is C14H23FN2O. The van der Waals surface area contributed by atoms with E-state index in [0.29, 0.717) is 13.2 Å². The van der Waals surface area contributed by atoms with Gasteiger partial charge in [0, 0.05) is 19.1 Å². The summed E-state index contributed by atoms with van der Waals surface area (Å²) in [5.74, 6) is -0.242. The number of rotatable bonds is 7. The number of halogens is 1. The minimum absolute atomic E-state index is 0.176. The normalized spacial score (nSPS) is 13.3. The predicted octanol–water partition coefficient (Wildman–Crippen LogP) is 2.18. The standard InChI is InChI=1S/C14H23FN2O/c1-11(2)18-8-7-17(3)10-14(16)12-5-4-6-13(15)9-12/h4-6,9,11,14H,7-8,10,16H2,1-3H3. The first kappa shape index (κ1) is 15.1. The molecule has 0 aliphatic carbocycles. The SMILES string of the molecule is CC(C)OCCN(C)CC(N)c1cccc(F)c1. The second-order valence-electron chi connectivity index (χ2n) is 4.84. The Morgan fingerprint density at radius 3 is 2.72 bits per heavy atom. The summed E-state index contributed by atoms with van der Waals surface area (Å²) in [6.45, 7) is 6.22. The van der Waals surface area contributed by atoms with Crippen molar-refractivity contribution < 1.29 is 9.13 Å². The summed E-state index contributed by atoms with van der Waals surface area (Å²) in [6, 6.07) is 6.28. The van der Waals surface area contributed by atoms with Crippen molar-refractivity contribution in [2.45, 2.75) is 26.0 Å². The van der Waals surface area contributed by atoms with Crippen LogP contribution in [0.15, 0.2) is 24.3 Å². The molecule has 0 aliphatic heterocycles. The zero-order valence-electron chi connectivity index (χ0n) is 11.4. The lowest BCUT2D eigenvalue weighted by Gasteiger charge is -2.22. The van der Waals surface area contributed by atoms with Gasteiger partial charge in [0.15, 0.2) is 0 Å². The Labute approximate surface area is 109 Å². The molecule has 4 heteroatoms. The number of benzene rings is 1. The average molecular weight is 254 g/mol. The van der Waals surface area contributed by atoms with Crippen molar-refractivity contribution in [3.63, 3.8) is 0 Å². The molecule has 2 N–H and O–H groups in total. The number of nitrogens with zero attached hydrogens (tertiary/aromatic N) is 1. The third-order valence-corrected chi connectivity index (χ3v) is 2.71. The van der Waals surface area contributed by atoms with Gasteiger partial charge in [0.05, 0.1) is 12.7 Å². The van der Waals surface area contributed by atoms with Gasteiger partial charge in [-0.05, 0) is 38.6 Å². The van der Waals surface area contributed by atoms with Gasteiger partial charge >= 0.3 is 0 Å². The molecule has 0 heterocycles. The van der Waals surface area contributed by atoms with E-state index < -0.39 is 0 Å². The minimum Gasteiger partial charge on any atom is -0.377 e. The summed E-state index contributed by atoms with van der Waals surface area (Å²) in [7, 11) is 1.99. The molecule has 18 heavy (non-hydrogen) atoms. The van der Waals surface area contributed by atoms with Crippen molar-refractivity contribution in [3.05, 3.63) is 35.6 Å². The Bertz CT molecular complexity index is 357. The molecule has 3 nitrogen and oxygen atoms in total. The minimum atomic E-state index is -0.242. The van der Waals surface area contributed by atoms with Gasteiger partial charge in [-0.15, -0.1) is 0 Å². The Morgan fingerprint density at radius 2 is 2.11 bits per heavy atom. The van der Waals surface area contributed by atoms with Gasteiger partial charge in [-0.25, -0.2) is 4.39 Å². The second kappa shape index (κ2) is 7.46. The van der Waals surface area contributed by atoms with Crippen LogP contribution in [0.2, 0.25) is 0 Å². The summed E-state index contributed by atoms with van der Waals surface area (Å²) in [4.78, 5) is 2.10. The van der Waals surface area contributed by atoms with E-state index in [2.05, 4.69) is 4.90 Å². The quantitative estimate of drug-likeness (QED) is 0.810. The maximum Gasteiger partial charge on any atom is 0.123 e. The highest BCUT2D eigenvalue weighted by molar-refractivity contribution is 5.20. The van der Waals surface area contributed by atoms with Crippen molar-refractivity contribution in [2.75, 3.05) is 26.7 Å². The second-order valence-corrected chi connectivity index (χ2v) is 4.84. The number of likely N-dealkylation sites (N-methyl/N-ethyl adjacent to an activating group) is 1. The zero-order valence-corrected chi connectivity index (χ0v) is 11.4. The van der Waals surface area contributed by atoms with Gasteiger partial charge < -0.3 is 15.4 Å². The molecule has 1 aromatic carbocycles. The van der Waals surface area contributed by atoms with Crippen LogP contribution < -0.4 is 5.73 Å². The van der Waals surface area contributed by atoms with Crippen LogP contribution in [0.1, 0.15) is 25.5 Å². The first-order valence-electron chi connectivity index (χ1n) is 6.30. The van der Waals surface area contributed by atoms with E-state index in [1.165, 1.54) is 12.1 Å². The van der Waals surface area contributed by atoms with Crippen LogP contribution in [0.25, 0.3) is 0 Å². The van der Waals surface area contributed by atoms with E-state index >= 15 is 0 Å². The lowest BCUT2D eigenvalue weighted by Crippen LogP contribution is -2.32. The van der Waals surface area contributed by atoms with Gasteiger partial charge in [-0.3, -0.25) is 0 Å². The Balaban J connectivity index is 2.37. The van der Waals surface area contributed by atoms with Crippen LogP contribution in [-0.4, -0.2) is 37.7 Å². The smallest absolute Gasteiger partial charge is 0.123 e. The topological polar surface area (TPSA) is 38.5 Å². The molecule has 1 aromatic rings. The van der Waals surface area contributed by atoms with Crippen molar-refractivity contribution in [2.24, 2.45) is 5.73 Å². The summed E-state index contributed by atoms with van der Waals surface area (Å²) in [6.07, 6.45) is 0.246. The van der Waals surface area contributed by atoms with Crippen LogP contribution in [0.5, 0.6) is 0 Å². The molecule has 1 rings (SSSR count). The fraction of sp³-hybridized carbons (Fsp3) is 0.571. The summed E-state index contributed by atoms with van der Waals surface area (Å²) in [5, 5.41) is 0. The van der Waals surface area contributed by atoms with Crippen molar-refractivity contribution in [3.8, 4) is 0 Å². The lowest BCUT2D eigenvalue weighted by molar-refractivity contribution is 0.0629. The fourth-order valence-corrected chi connectivity index (χ4v) is 1.71. The first-order valence-corrected chi connectivity index (χ1v) is 6.30. The third kappa shape index (κ3) is 5.58. The number of hydrogen-bond donors (Lipinski definition) is 1.